The number of methoxy groups -OCH3 is 1. The smallest absolute Gasteiger partial charge is 0.296 e. The van der Waals surface area contributed by atoms with Crippen molar-refractivity contribution in [2.24, 2.45) is 0 Å². The largest absolute Gasteiger partial charge is 0.497 e. The van der Waals surface area contributed by atoms with Gasteiger partial charge in [0.2, 0.25) is 0 Å². The van der Waals surface area contributed by atoms with Crippen molar-refractivity contribution in [3.63, 3.8) is 0 Å². The second kappa shape index (κ2) is 7.27. The van der Waals surface area contributed by atoms with E-state index in [0.717, 1.165) is 19.3 Å². The van der Waals surface area contributed by atoms with Gasteiger partial charge < -0.3 is 9.84 Å². The Morgan fingerprint density at radius 3 is 2.80 bits per heavy atom. The first-order chi connectivity index (χ1) is 12.1. The van der Waals surface area contributed by atoms with Gasteiger partial charge in [0.05, 0.1) is 17.6 Å². The average Bonchev–Trinajstić information content (AvgIpc) is 2.91. The monoisotopic (exact) mass is 363 g/mol. The Bertz CT molecular complexity index is 911. The van der Waals surface area contributed by atoms with E-state index in [0.29, 0.717) is 39.6 Å². The molecule has 0 spiro atoms. The number of aromatic nitrogens is 3. The van der Waals surface area contributed by atoms with Crippen LogP contribution in [0.3, 0.4) is 0 Å². The number of hydrogen-bond acceptors (Lipinski definition) is 4. The molecule has 1 N–H and O–H groups in total. The number of benzene rings is 1. The second-order valence-corrected chi connectivity index (χ2v) is 6.18. The third-order valence-corrected chi connectivity index (χ3v) is 4.42. The zero-order valence-corrected chi connectivity index (χ0v) is 14.8. The molecule has 0 aliphatic carbocycles. The Kier molecular flexibility index (Phi) is 5.08. The molecular formula is C18H19ClFN3O2. The molecule has 3 rings (SSSR count). The number of ether oxygens (including phenoxy) is 1. The van der Waals surface area contributed by atoms with Crippen LogP contribution in [0.1, 0.15) is 26.2 Å². The van der Waals surface area contributed by atoms with E-state index in [1.807, 2.05) is 0 Å². The molecule has 0 fully saturated rings. The van der Waals surface area contributed by atoms with E-state index in [1.54, 1.807) is 16.7 Å². The fourth-order valence-corrected chi connectivity index (χ4v) is 3.11. The van der Waals surface area contributed by atoms with Crippen molar-refractivity contribution in [3.05, 3.63) is 35.2 Å². The second-order valence-electron chi connectivity index (χ2n) is 5.77. The fourth-order valence-electron chi connectivity index (χ4n) is 2.87. The summed E-state index contributed by atoms with van der Waals surface area (Å²) in [7, 11) is 1.48. The number of aryl methyl sites for hydroxylation is 1. The summed E-state index contributed by atoms with van der Waals surface area (Å²) in [5.74, 6) is -0.0449. The molecule has 0 radical (unpaired) electrons. The van der Waals surface area contributed by atoms with Gasteiger partial charge in [0.15, 0.2) is 5.65 Å². The lowest BCUT2D eigenvalue weighted by Crippen LogP contribution is -2.00. The summed E-state index contributed by atoms with van der Waals surface area (Å²) in [6.45, 7) is 2.66. The summed E-state index contributed by atoms with van der Waals surface area (Å²) in [4.78, 5) is 8.25. The Balaban J connectivity index is 2.21. The van der Waals surface area contributed by atoms with Crippen molar-refractivity contribution < 1.29 is 14.2 Å². The van der Waals surface area contributed by atoms with Crippen LogP contribution < -0.4 is 4.74 Å². The molecule has 5 nitrogen and oxygen atoms in total. The molecule has 0 amide bonds. The maximum Gasteiger partial charge on any atom is 0.296 e. The lowest BCUT2D eigenvalue weighted by Gasteiger charge is -2.12. The van der Waals surface area contributed by atoms with Crippen LogP contribution in [0, 0.1) is 5.82 Å². The molecule has 25 heavy (non-hydrogen) atoms. The van der Waals surface area contributed by atoms with Gasteiger partial charge in [-0.1, -0.05) is 31.4 Å². The summed E-state index contributed by atoms with van der Waals surface area (Å²) in [6.07, 6.45) is 4.35. The highest BCUT2D eigenvalue weighted by Crippen LogP contribution is 2.38. The quantitative estimate of drug-likeness (QED) is 0.639. The predicted octanol–water partition coefficient (Wildman–Crippen LogP) is 4.80. The molecule has 132 valence electrons. The lowest BCUT2D eigenvalue weighted by molar-refractivity contribution is 0.397. The van der Waals surface area contributed by atoms with Crippen molar-refractivity contribution in [2.45, 2.75) is 32.7 Å². The number of rotatable bonds is 6. The SMILES string of the molecule is CCCCCn1c(O)nc2ncc(Cl)c(-c3ccc(OC)cc3F)c21. The van der Waals surface area contributed by atoms with Gasteiger partial charge >= 0.3 is 0 Å². The van der Waals surface area contributed by atoms with E-state index < -0.39 is 5.82 Å². The fraction of sp³-hybridized carbons (Fsp3) is 0.333. The van der Waals surface area contributed by atoms with Crippen LogP contribution in [0.5, 0.6) is 11.8 Å². The maximum absolute atomic E-state index is 14.6. The average molecular weight is 364 g/mol. The Hall–Kier alpha value is -2.34. The summed E-state index contributed by atoms with van der Waals surface area (Å²) in [5.41, 5.74) is 1.65. The van der Waals surface area contributed by atoms with Gasteiger partial charge in [0.1, 0.15) is 11.6 Å². The topological polar surface area (TPSA) is 60.2 Å². The standard InChI is InChI=1S/C18H19ClFN3O2/c1-3-4-5-8-23-16-15(12-7-6-11(25-2)9-14(12)20)13(19)10-21-17(16)22-18(23)24/h6-7,9-10H,3-5,8H2,1-2H3,(H,21,22,24). The molecule has 2 heterocycles. The lowest BCUT2D eigenvalue weighted by atomic mass is 10.0. The summed E-state index contributed by atoms with van der Waals surface area (Å²) in [5, 5.41) is 10.5. The van der Waals surface area contributed by atoms with E-state index in [4.69, 9.17) is 16.3 Å². The number of pyridine rings is 1. The van der Waals surface area contributed by atoms with Crippen LogP contribution in [0.15, 0.2) is 24.4 Å². The van der Waals surface area contributed by atoms with Crippen molar-refractivity contribution in [1.29, 1.82) is 0 Å². The van der Waals surface area contributed by atoms with Crippen LogP contribution in [0.25, 0.3) is 22.3 Å². The van der Waals surface area contributed by atoms with Gasteiger partial charge in [0.25, 0.3) is 6.01 Å². The first kappa shape index (κ1) is 17.5. The van der Waals surface area contributed by atoms with E-state index in [1.165, 1.54) is 19.4 Å². The van der Waals surface area contributed by atoms with Gasteiger partial charge in [-0.15, -0.1) is 0 Å². The molecule has 0 atom stereocenters. The zero-order valence-electron chi connectivity index (χ0n) is 14.1. The third kappa shape index (κ3) is 3.26. The minimum atomic E-state index is -0.463. The Morgan fingerprint density at radius 1 is 1.32 bits per heavy atom. The number of hydrogen-bond donors (Lipinski definition) is 1. The molecule has 2 aromatic heterocycles. The maximum atomic E-state index is 14.6. The van der Waals surface area contributed by atoms with Gasteiger partial charge in [-0.2, -0.15) is 4.98 Å². The van der Waals surface area contributed by atoms with Gasteiger partial charge in [0, 0.05) is 29.9 Å². The molecule has 0 aliphatic heterocycles. The van der Waals surface area contributed by atoms with Crippen LogP contribution in [0.4, 0.5) is 4.39 Å². The van der Waals surface area contributed by atoms with Gasteiger partial charge in [-0.3, -0.25) is 4.57 Å². The number of fused-ring (bicyclic) bond motifs is 1. The van der Waals surface area contributed by atoms with E-state index in [-0.39, 0.29) is 6.01 Å². The van der Waals surface area contributed by atoms with E-state index in [9.17, 15) is 9.50 Å². The van der Waals surface area contributed by atoms with Crippen LogP contribution in [0.2, 0.25) is 5.02 Å². The van der Waals surface area contributed by atoms with E-state index >= 15 is 0 Å². The van der Waals surface area contributed by atoms with Crippen molar-refractivity contribution in [1.82, 2.24) is 14.5 Å². The summed E-state index contributed by atoms with van der Waals surface area (Å²) >= 11 is 6.34. The molecule has 0 saturated carbocycles. The number of halogens is 2. The first-order valence-corrected chi connectivity index (χ1v) is 8.52. The number of aromatic hydroxyl groups is 1. The summed E-state index contributed by atoms with van der Waals surface area (Å²) < 4.78 is 21.3. The normalized spacial score (nSPS) is 11.2. The Labute approximate surface area is 150 Å². The molecule has 0 unspecified atom stereocenters. The summed E-state index contributed by atoms with van der Waals surface area (Å²) in [6, 6.07) is 4.43. The van der Waals surface area contributed by atoms with Gasteiger partial charge in [-0.05, 0) is 18.6 Å². The van der Waals surface area contributed by atoms with Crippen LogP contribution >= 0.6 is 11.6 Å². The zero-order chi connectivity index (χ0) is 18.0. The highest BCUT2D eigenvalue weighted by molar-refractivity contribution is 6.34. The minimum Gasteiger partial charge on any atom is -0.497 e. The number of nitrogens with zero attached hydrogens (tertiary/aromatic N) is 3. The van der Waals surface area contributed by atoms with Crippen LogP contribution in [-0.2, 0) is 6.54 Å². The first-order valence-electron chi connectivity index (χ1n) is 8.14. The molecular weight excluding hydrogens is 345 g/mol. The van der Waals surface area contributed by atoms with Gasteiger partial charge in [-0.25, -0.2) is 9.37 Å². The predicted molar refractivity (Wildman–Crippen MR) is 95.7 cm³/mol. The number of unbranched alkanes of at least 4 members (excludes halogenated alkanes) is 2. The molecule has 7 heteroatoms. The molecule has 0 aliphatic rings. The molecule has 1 aromatic carbocycles. The molecule has 0 bridgehead atoms. The molecule has 0 saturated heterocycles. The van der Waals surface area contributed by atoms with Crippen molar-refractivity contribution >= 4 is 22.8 Å². The van der Waals surface area contributed by atoms with Crippen molar-refractivity contribution in [3.8, 4) is 22.9 Å². The Morgan fingerprint density at radius 2 is 2.12 bits per heavy atom. The highest BCUT2D eigenvalue weighted by atomic mass is 35.5. The van der Waals surface area contributed by atoms with E-state index in [2.05, 4.69) is 16.9 Å². The van der Waals surface area contributed by atoms with Crippen molar-refractivity contribution in [2.75, 3.05) is 7.11 Å². The molecule has 3 aromatic rings. The minimum absolute atomic E-state index is 0.143. The third-order valence-electron chi connectivity index (χ3n) is 4.14. The number of imidazole rings is 1. The van der Waals surface area contributed by atoms with Crippen LogP contribution in [-0.4, -0.2) is 26.8 Å². The highest BCUT2D eigenvalue weighted by Gasteiger charge is 2.21.